The van der Waals surface area contributed by atoms with Crippen molar-refractivity contribution in [1.82, 2.24) is 9.78 Å². The average Bonchev–Trinajstić information content (AvgIpc) is 2.55. The summed E-state index contributed by atoms with van der Waals surface area (Å²) in [4.78, 5) is 0. The first-order valence-electron chi connectivity index (χ1n) is 4.54. The standard InChI is InChI=1S/C11H7Cl2N3/c1-7-10(6-14)11(13)16(15-7)9-4-2-8(12)3-5-9/h2-5H,1H3. The van der Waals surface area contributed by atoms with E-state index in [1.165, 1.54) is 4.68 Å². The predicted octanol–water partition coefficient (Wildman–Crippen LogP) is 3.36. The Morgan fingerprint density at radius 2 is 1.88 bits per heavy atom. The SMILES string of the molecule is Cc1nn(-c2ccc(Cl)cc2)c(Cl)c1C#N. The van der Waals surface area contributed by atoms with E-state index in [-0.39, 0.29) is 0 Å². The van der Waals surface area contributed by atoms with Gasteiger partial charge in [0, 0.05) is 5.02 Å². The van der Waals surface area contributed by atoms with Gasteiger partial charge in [0.05, 0.1) is 11.4 Å². The lowest BCUT2D eigenvalue weighted by molar-refractivity contribution is 0.863. The van der Waals surface area contributed by atoms with Crippen LogP contribution < -0.4 is 0 Å². The van der Waals surface area contributed by atoms with Crippen LogP contribution in [0.3, 0.4) is 0 Å². The van der Waals surface area contributed by atoms with E-state index in [2.05, 4.69) is 5.10 Å². The quantitative estimate of drug-likeness (QED) is 0.780. The van der Waals surface area contributed by atoms with Crippen molar-refractivity contribution in [2.75, 3.05) is 0 Å². The van der Waals surface area contributed by atoms with Crippen molar-refractivity contribution in [2.24, 2.45) is 0 Å². The lowest BCUT2D eigenvalue weighted by Crippen LogP contribution is -1.96. The maximum Gasteiger partial charge on any atom is 0.150 e. The first-order chi connectivity index (χ1) is 7.63. The van der Waals surface area contributed by atoms with E-state index >= 15 is 0 Å². The summed E-state index contributed by atoms with van der Waals surface area (Å²) in [5.41, 5.74) is 1.79. The highest BCUT2D eigenvalue weighted by molar-refractivity contribution is 6.31. The summed E-state index contributed by atoms with van der Waals surface area (Å²) >= 11 is 11.8. The summed E-state index contributed by atoms with van der Waals surface area (Å²) in [6.45, 7) is 1.75. The molecule has 0 N–H and O–H groups in total. The van der Waals surface area contributed by atoms with Crippen molar-refractivity contribution in [3.63, 3.8) is 0 Å². The van der Waals surface area contributed by atoms with Gasteiger partial charge in [-0.1, -0.05) is 23.2 Å². The highest BCUT2D eigenvalue weighted by Gasteiger charge is 2.13. The van der Waals surface area contributed by atoms with E-state index in [0.29, 0.717) is 21.4 Å². The highest BCUT2D eigenvalue weighted by atomic mass is 35.5. The zero-order valence-electron chi connectivity index (χ0n) is 8.41. The third-order valence-corrected chi connectivity index (χ3v) is 2.79. The Balaban J connectivity index is 2.58. The maximum atomic E-state index is 8.89. The smallest absolute Gasteiger partial charge is 0.150 e. The van der Waals surface area contributed by atoms with E-state index < -0.39 is 0 Å². The average molecular weight is 252 g/mol. The second kappa shape index (κ2) is 4.17. The van der Waals surface area contributed by atoms with E-state index in [9.17, 15) is 0 Å². The second-order valence-electron chi connectivity index (χ2n) is 3.25. The number of hydrogen-bond donors (Lipinski definition) is 0. The summed E-state index contributed by atoms with van der Waals surface area (Å²) in [5.74, 6) is 0. The normalized spacial score (nSPS) is 10.1. The Labute approximate surface area is 103 Å². The molecule has 3 nitrogen and oxygen atoms in total. The largest absolute Gasteiger partial charge is 0.221 e. The van der Waals surface area contributed by atoms with Crippen molar-refractivity contribution in [3.05, 3.63) is 45.7 Å². The zero-order valence-corrected chi connectivity index (χ0v) is 9.92. The van der Waals surface area contributed by atoms with E-state index in [1.54, 1.807) is 31.2 Å². The minimum absolute atomic E-state index is 0.322. The predicted molar refractivity (Wildman–Crippen MR) is 63.0 cm³/mol. The van der Waals surface area contributed by atoms with E-state index in [0.717, 1.165) is 5.69 Å². The summed E-state index contributed by atoms with van der Waals surface area (Å²) in [7, 11) is 0. The lowest BCUT2D eigenvalue weighted by atomic mass is 10.3. The Bertz CT molecular complexity index is 564. The Morgan fingerprint density at radius 3 is 2.38 bits per heavy atom. The van der Waals surface area contributed by atoms with Crippen LogP contribution in [0.15, 0.2) is 24.3 Å². The lowest BCUT2D eigenvalue weighted by Gasteiger charge is -2.02. The Kier molecular flexibility index (Phi) is 2.86. The van der Waals surface area contributed by atoms with Crippen molar-refractivity contribution >= 4 is 23.2 Å². The molecule has 0 bridgehead atoms. The number of hydrogen-bond acceptors (Lipinski definition) is 2. The highest BCUT2D eigenvalue weighted by Crippen LogP contribution is 2.23. The van der Waals surface area contributed by atoms with Crippen molar-refractivity contribution in [2.45, 2.75) is 6.92 Å². The molecule has 0 saturated carbocycles. The summed E-state index contributed by atoms with van der Waals surface area (Å²) in [6, 6.07) is 9.10. The molecule has 80 valence electrons. The molecule has 0 fully saturated rings. The molecule has 0 aliphatic rings. The molecule has 0 atom stereocenters. The molecular weight excluding hydrogens is 245 g/mol. The number of nitrogens with zero attached hydrogens (tertiary/aromatic N) is 3. The van der Waals surface area contributed by atoms with Crippen LogP contribution in [0.4, 0.5) is 0 Å². The van der Waals surface area contributed by atoms with Crippen LogP contribution in [0.25, 0.3) is 5.69 Å². The third kappa shape index (κ3) is 1.78. The van der Waals surface area contributed by atoms with Crippen molar-refractivity contribution in [1.29, 1.82) is 5.26 Å². The molecule has 1 heterocycles. The Hall–Kier alpha value is -1.50. The number of nitriles is 1. The van der Waals surface area contributed by atoms with Gasteiger partial charge in [-0.15, -0.1) is 0 Å². The molecule has 0 amide bonds. The molecule has 0 aliphatic heterocycles. The number of rotatable bonds is 1. The number of benzene rings is 1. The summed E-state index contributed by atoms with van der Waals surface area (Å²) in [5, 5.41) is 14.1. The van der Waals surface area contributed by atoms with Gasteiger partial charge in [-0.2, -0.15) is 10.4 Å². The molecule has 0 radical (unpaired) electrons. The van der Waals surface area contributed by atoms with Crippen LogP contribution in [0.5, 0.6) is 0 Å². The van der Waals surface area contributed by atoms with Crippen LogP contribution in [0.2, 0.25) is 10.2 Å². The minimum atomic E-state index is 0.322. The van der Waals surface area contributed by atoms with Crippen molar-refractivity contribution < 1.29 is 0 Å². The third-order valence-electron chi connectivity index (χ3n) is 2.19. The fourth-order valence-electron chi connectivity index (χ4n) is 1.38. The molecule has 2 aromatic rings. The van der Waals surface area contributed by atoms with Gasteiger partial charge in [0.2, 0.25) is 0 Å². The van der Waals surface area contributed by atoms with Crippen LogP contribution in [-0.2, 0) is 0 Å². The molecule has 16 heavy (non-hydrogen) atoms. The first-order valence-corrected chi connectivity index (χ1v) is 5.30. The zero-order chi connectivity index (χ0) is 11.7. The molecule has 1 aromatic heterocycles. The van der Waals surface area contributed by atoms with E-state index in [4.69, 9.17) is 28.5 Å². The molecule has 0 aliphatic carbocycles. The van der Waals surface area contributed by atoms with E-state index in [1.807, 2.05) is 6.07 Å². The topological polar surface area (TPSA) is 41.6 Å². The van der Waals surface area contributed by atoms with Crippen molar-refractivity contribution in [3.8, 4) is 11.8 Å². The van der Waals surface area contributed by atoms with Gasteiger partial charge in [-0.05, 0) is 31.2 Å². The van der Waals surface area contributed by atoms with Gasteiger partial charge in [0.1, 0.15) is 11.6 Å². The summed E-state index contributed by atoms with van der Waals surface area (Å²) < 4.78 is 1.52. The van der Waals surface area contributed by atoms with Gasteiger partial charge in [0.15, 0.2) is 5.15 Å². The molecule has 5 heteroatoms. The monoisotopic (exact) mass is 251 g/mol. The van der Waals surface area contributed by atoms with Gasteiger partial charge in [-0.3, -0.25) is 0 Å². The molecular formula is C11H7Cl2N3. The fourth-order valence-corrected chi connectivity index (χ4v) is 1.82. The van der Waals surface area contributed by atoms with Gasteiger partial charge in [-0.25, -0.2) is 4.68 Å². The van der Waals surface area contributed by atoms with Gasteiger partial charge >= 0.3 is 0 Å². The number of halogens is 2. The van der Waals surface area contributed by atoms with Crippen LogP contribution in [0, 0.1) is 18.3 Å². The maximum absolute atomic E-state index is 8.89. The summed E-state index contributed by atoms with van der Waals surface area (Å²) in [6.07, 6.45) is 0. The Morgan fingerprint density at radius 1 is 1.25 bits per heavy atom. The van der Waals surface area contributed by atoms with Gasteiger partial charge in [0.25, 0.3) is 0 Å². The second-order valence-corrected chi connectivity index (χ2v) is 4.05. The molecule has 1 aromatic carbocycles. The molecule has 2 rings (SSSR count). The van der Waals surface area contributed by atoms with Gasteiger partial charge < -0.3 is 0 Å². The fraction of sp³-hybridized carbons (Fsp3) is 0.0909. The first kappa shape index (κ1) is 11.0. The molecule has 0 saturated heterocycles. The number of aryl methyl sites for hydroxylation is 1. The van der Waals surface area contributed by atoms with Crippen LogP contribution >= 0.6 is 23.2 Å². The van der Waals surface area contributed by atoms with Crippen LogP contribution in [0.1, 0.15) is 11.3 Å². The number of aromatic nitrogens is 2. The minimum Gasteiger partial charge on any atom is -0.221 e. The molecule has 0 spiro atoms. The molecule has 0 unspecified atom stereocenters. The van der Waals surface area contributed by atoms with Crippen LogP contribution in [-0.4, -0.2) is 9.78 Å².